The van der Waals surface area contributed by atoms with Crippen molar-refractivity contribution in [3.63, 3.8) is 0 Å². The van der Waals surface area contributed by atoms with Crippen molar-refractivity contribution in [2.45, 2.75) is 13.3 Å². The molecule has 0 fully saturated rings. The van der Waals surface area contributed by atoms with Crippen molar-refractivity contribution in [2.24, 2.45) is 0 Å². The van der Waals surface area contributed by atoms with Gasteiger partial charge in [0.25, 0.3) is 0 Å². The van der Waals surface area contributed by atoms with Crippen LogP contribution in [0.1, 0.15) is 19.0 Å². The minimum atomic E-state index is 0.577. The van der Waals surface area contributed by atoms with Gasteiger partial charge in [-0.3, -0.25) is 0 Å². The van der Waals surface area contributed by atoms with Gasteiger partial charge in [-0.1, -0.05) is 17.0 Å². The molecule has 60 valence electrons. The standard InChI is InChI=1S/C7H9ClN2S/c1-2-6(4-8)3-7-5-11-10-9-7/h3,5H,2,4H2,1H3/b6-3+. The van der Waals surface area contributed by atoms with Crippen molar-refractivity contribution < 1.29 is 0 Å². The Morgan fingerprint density at radius 1 is 1.82 bits per heavy atom. The smallest absolute Gasteiger partial charge is 0.0981 e. The molecular formula is C7H9ClN2S. The normalized spacial score (nSPS) is 12.0. The first-order chi connectivity index (χ1) is 5.36. The molecule has 0 N–H and O–H groups in total. The van der Waals surface area contributed by atoms with E-state index in [1.54, 1.807) is 0 Å². The highest BCUT2D eigenvalue weighted by Crippen LogP contribution is 2.09. The van der Waals surface area contributed by atoms with Gasteiger partial charge in [-0.05, 0) is 24.0 Å². The molecule has 0 saturated heterocycles. The van der Waals surface area contributed by atoms with E-state index in [1.165, 1.54) is 17.1 Å². The van der Waals surface area contributed by atoms with Gasteiger partial charge in [0.2, 0.25) is 0 Å². The maximum atomic E-state index is 5.67. The minimum Gasteiger partial charge on any atom is -0.139 e. The van der Waals surface area contributed by atoms with Crippen molar-refractivity contribution >= 4 is 29.2 Å². The first-order valence-electron chi connectivity index (χ1n) is 3.39. The Morgan fingerprint density at radius 3 is 3.09 bits per heavy atom. The summed E-state index contributed by atoms with van der Waals surface area (Å²) in [4.78, 5) is 0. The van der Waals surface area contributed by atoms with Gasteiger partial charge in [-0.15, -0.1) is 16.7 Å². The highest BCUT2D eigenvalue weighted by molar-refractivity contribution is 7.03. The van der Waals surface area contributed by atoms with Crippen LogP contribution in [0.2, 0.25) is 0 Å². The van der Waals surface area contributed by atoms with Gasteiger partial charge in [0.05, 0.1) is 5.69 Å². The lowest BCUT2D eigenvalue weighted by molar-refractivity contribution is 1.10. The molecule has 2 nitrogen and oxygen atoms in total. The van der Waals surface area contributed by atoms with Crippen molar-refractivity contribution in [2.75, 3.05) is 5.88 Å². The van der Waals surface area contributed by atoms with Gasteiger partial charge in [-0.25, -0.2) is 0 Å². The largest absolute Gasteiger partial charge is 0.139 e. The Kier molecular flexibility index (Phi) is 3.52. The van der Waals surface area contributed by atoms with Crippen molar-refractivity contribution in [1.82, 2.24) is 9.59 Å². The van der Waals surface area contributed by atoms with Gasteiger partial charge in [0, 0.05) is 11.3 Å². The van der Waals surface area contributed by atoms with Crippen LogP contribution in [-0.4, -0.2) is 15.5 Å². The van der Waals surface area contributed by atoms with Crippen LogP contribution in [0.4, 0.5) is 0 Å². The molecule has 11 heavy (non-hydrogen) atoms. The minimum absolute atomic E-state index is 0.577. The van der Waals surface area contributed by atoms with E-state index in [2.05, 4.69) is 16.5 Å². The van der Waals surface area contributed by atoms with Crippen LogP contribution in [0.25, 0.3) is 6.08 Å². The highest BCUT2D eigenvalue weighted by Gasteiger charge is 1.94. The Labute approximate surface area is 75.1 Å². The first kappa shape index (κ1) is 8.68. The third-order valence-corrected chi connectivity index (χ3v) is 2.22. The molecule has 0 unspecified atom stereocenters. The number of hydrogen-bond donors (Lipinski definition) is 0. The summed E-state index contributed by atoms with van der Waals surface area (Å²) in [5.41, 5.74) is 2.10. The lowest BCUT2D eigenvalue weighted by atomic mass is 10.2. The van der Waals surface area contributed by atoms with Crippen LogP contribution in [0.15, 0.2) is 11.0 Å². The SMILES string of the molecule is CC/C(=C\c1csnn1)CCl. The zero-order chi connectivity index (χ0) is 8.10. The topological polar surface area (TPSA) is 25.8 Å². The van der Waals surface area contributed by atoms with Crippen LogP contribution >= 0.6 is 23.1 Å². The maximum Gasteiger partial charge on any atom is 0.0981 e. The fourth-order valence-corrected chi connectivity index (χ4v) is 1.36. The lowest BCUT2D eigenvalue weighted by Crippen LogP contribution is -1.82. The molecule has 1 rings (SSSR count). The van der Waals surface area contributed by atoms with Crippen molar-refractivity contribution in [1.29, 1.82) is 0 Å². The summed E-state index contributed by atoms with van der Waals surface area (Å²) in [6, 6.07) is 0. The molecule has 0 atom stereocenters. The molecule has 1 aromatic rings. The predicted molar refractivity (Wildman–Crippen MR) is 48.9 cm³/mol. The van der Waals surface area contributed by atoms with Gasteiger partial charge in [-0.2, -0.15) is 0 Å². The van der Waals surface area contributed by atoms with Crippen molar-refractivity contribution in [3.05, 3.63) is 16.6 Å². The first-order valence-corrected chi connectivity index (χ1v) is 4.76. The third-order valence-electron chi connectivity index (χ3n) is 1.35. The maximum absolute atomic E-state index is 5.67. The molecular weight excluding hydrogens is 180 g/mol. The molecule has 0 bridgehead atoms. The van der Waals surface area contributed by atoms with E-state index in [4.69, 9.17) is 11.6 Å². The average molecular weight is 189 g/mol. The fraction of sp³-hybridized carbons (Fsp3) is 0.429. The monoisotopic (exact) mass is 188 g/mol. The summed E-state index contributed by atoms with van der Waals surface area (Å²) in [5.74, 6) is 0.577. The summed E-state index contributed by atoms with van der Waals surface area (Å²) >= 11 is 7.03. The molecule has 1 heterocycles. The molecule has 4 heteroatoms. The number of nitrogens with zero attached hydrogens (tertiary/aromatic N) is 2. The summed E-state index contributed by atoms with van der Waals surface area (Å²) in [7, 11) is 0. The predicted octanol–water partition coefficient (Wildman–Crippen LogP) is 2.57. The fourth-order valence-electron chi connectivity index (χ4n) is 0.679. The number of hydrogen-bond acceptors (Lipinski definition) is 3. The molecule has 0 aliphatic carbocycles. The number of alkyl halides is 1. The van der Waals surface area contributed by atoms with Gasteiger partial charge < -0.3 is 0 Å². The van der Waals surface area contributed by atoms with E-state index >= 15 is 0 Å². The molecule has 0 aliphatic rings. The molecule has 0 aliphatic heterocycles. The van der Waals surface area contributed by atoms with Gasteiger partial charge >= 0.3 is 0 Å². The van der Waals surface area contributed by atoms with Crippen LogP contribution in [0.3, 0.4) is 0 Å². The molecule has 0 saturated carbocycles. The Balaban J connectivity index is 2.71. The van der Waals surface area contributed by atoms with E-state index < -0.39 is 0 Å². The summed E-state index contributed by atoms with van der Waals surface area (Å²) in [5, 5.41) is 5.79. The second-order valence-corrected chi connectivity index (χ2v) is 3.00. The number of aromatic nitrogens is 2. The second kappa shape index (κ2) is 4.46. The average Bonchev–Trinajstić information content (AvgIpc) is 2.52. The van der Waals surface area contributed by atoms with Gasteiger partial charge in [0.1, 0.15) is 0 Å². The zero-order valence-corrected chi connectivity index (χ0v) is 7.82. The van der Waals surface area contributed by atoms with Crippen LogP contribution in [-0.2, 0) is 0 Å². The molecule has 0 radical (unpaired) electrons. The summed E-state index contributed by atoms with van der Waals surface area (Å²) in [6.07, 6.45) is 2.96. The third kappa shape index (κ3) is 2.60. The Morgan fingerprint density at radius 2 is 2.64 bits per heavy atom. The molecule has 1 aromatic heterocycles. The highest BCUT2D eigenvalue weighted by atomic mass is 35.5. The van der Waals surface area contributed by atoms with Gasteiger partial charge in [0.15, 0.2) is 0 Å². The van der Waals surface area contributed by atoms with Crippen molar-refractivity contribution in [3.8, 4) is 0 Å². The lowest BCUT2D eigenvalue weighted by Gasteiger charge is -1.94. The molecule has 0 spiro atoms. The van der Waals surface area contributed by atoms with Crippen LogP contribution in [0.5, 0.6) is 0 Å². The molecule has 0 amide bonds. The van der Waals surface area contributed by atoms with E-state index in [0.717, 1.165) is 12.1 Å². The number of allylic oxidation sites excluding steroid dienone is 1. The second-order valence-electron chi connectivity index (χ2n) is 2.12. The molecule has 0 aromatic carbocycles. The van der Waals surface area contributed by atoms with E-state index in [1.807, 2.05) is 11.5 Å². The number of halogens is 1. The Hall–Kier alpha value is -0.410. The van der Waals surface area contributed by atoms with E-state index in [-0.39, 0.29) is 0 Å². The van der Waals surface area contributed by atoms with Crippen LogP contribution < -0.4 is 0 Å². The summed E-state index contributed by atoms with van der Waals surface area (Å²) in [6.45, 7) is 2.08. The Bertz CT molecular complexity index is 225. The van der Waals surface area contributed by atoms with E-state index in [9.17, 15) is 0 Å². The zero-order valence-electron chi connectivity index (χ0n) is 6.25. The van der Waals surface area contributed by atoms with Crippen LogP contribution in [0, 0.1) is 0 Å². The van der Waals surface area contributed by atoms with E-state index in [0.29, 0.717) is 5.88 Å². The quantitative estimate of drug-likeness (QED) is 0.682. The number of rotatable bonds is 3. The summed E-state index contributed by atoms with van der Waals surface area (Å²) < 4.78 is 3.75.